The topological polar surface area (TPSA) is 470 Å². The van der Waals surface area contributed by atoms with Crippen molar-refractivity contribution in [1.29, 1.82) is 0 Å². The van der Waals surface area contributed by atoms with E-state index in [2.05, 4.69) is 42.2 Å². The van der Waals surface area contributed by atoms with Crippen LogP contribution in [-0.4, -0.2) is 244 Å². The Morgan fingerprint density at radius 2 is 0.895 bits per heavy atom. The molecule has 0 saturated carbocycles. The summed E-state index contributed by atoms with van der Waals surface area (Å²) < 4.78 is 38.8. The number of imide groups is 2. The number of nitrogens with one attached hydrogen (secondary N) is 2. The zero-order chi connectivity index (χ0) is 64.5. The van der Waals surface area contributed by atoms with E-state index in [1.807, 2.05) is 0 Å². The van der Waals surface area contributed by atoms with E-state index in [-0.39, 0.29) is 162 Å². The molecule has 34 heteroatoms. The molecule has 6 amide bonds. The highest BCUT2D eigenvalue weighted by Crippen LogP contribution is 2.26. The minimum atomic E-state index is -1.28. The number of Topliss-reactive ketones (excluding diaryl/α,β-unsaturated/α-hetero) is 4. The Hall–Kier alpha value is -7.34. The zero-order valence-electron chi connectivity index (χ0n) is 47.2. The lowest BCUT2D eigenvalue weighted by molar-refractivity contribution is -0.140. The highest BCUT2D eigenvalue weighted by atomic mass is 32.2. The third-order valence-electron chi connectivity index (χ3n) is 11.3. The van der Waals surface area contributed by atoms with Crippen LogP contribution in [0.4, 0.5) is 0 Å². The maximum Gasteiger partial charge on any atom is 0.320 e. The minimum absolute atomic E-state index is 0.0108. The van der Waals surface area contributed by atoms with Crippen molar-refractivity contribution in [2.24, 2.45) is 11.5 Å². The quantitative estimate of drug-likeness (QED) is 0.0107. The van der Waals surface area contributed by atoms with Crippen molar-refractivity contribution in [3.05, 3.63) is 23.1 Å². The van der Waals surface area contributed by atoms with Crippen LogP contribution in [0.2, 0.25) is 0 Å². The van der Waals surface area contributed by atoms with E-state index in [4.69, 9.17) is 40.6 Å². The first-order valence-corrected chi connectivity index (χ1v) is 28.3. The molecular weight excluding hydrogens is 1190 g/mol. The second kappa shape index (κ2) is 49.9. The van der Waals surface area contributed by atoms with Crippen LogP contribution < -0.4 is 22.1 Å². The number of ether oxygens (including phenoxy) is 8. The highest BCUT2D eigenvalue weighted by molar-refractivity contribution is 8.04. The molecule has 0 fully saturated rings. The molecule has 0 aliphatic carbocycles. The van der Waals surface area contributed by atoms with Gasteiger partial charge in [-0.1, -0.05) is 0 Å². The van der Waals surface area contributed by atoms with Crippen LogP contribution in [0.3, 0.4) is 0 Å². The number of thioether (sulfide) groups is 1. The van der Waals surface area contributed by atoms with E-state index in [0.29, 0.717) is 78.5 Å². The minimum Gasteiger partial charge on any atom is -0.480 e. The normalized spacial score (nSPS) is 13.7. The number of hydrogen-bond acceptors (Lipinski definition) is 28. The van der Waals surface area contributed by atoms with Crippen LogP contribution in [0.1, 0.15) is 77.0 Å². The van der Waals surface area contributed by atoms with E-state index in [0.717, 1.165) is 27.6 Å². The summed E-state index contributed by atoms with van der Waals surface area (Å²) >= 11 is 4.81. The Labute approximate surface area is 504 Å². The summed E-state index contributed by atoms with van der Waals surface area (Å²) in [6, 6.07) is -4.31. The molecule has 2 rings (SSSR count). The van der Waals surface area contributed by atoms with Gasteiger partial charge in [0, 0.05) is 107 Å². The zero-order valence-corrected chi connectivity index (χ0v) is 49.0. The van der Waals surface area contributed by atoms with Gasteiger partial charge in [-0.05, 0) is 25.7 Å². The first-order valence-electron chi connectivity index (χ1n) is 26.7. The number of ketones is 4. The molecule has 32 nitrogen and oxygen atoms in total. The standard InChI is InChI=1S/C26H37N3O13S.C15H21NO7.C11H18N2O6S/c27-19(26(37)38)3-4-23(34)28-20(21(33)6-9-41-16-30)15-43-22-14-24(35)29(25(22)36)7-5-18(32)2-1-8-39-10-11-40-12-13-42-17-31;17-12-23-11-10-22-9-8-21-7-1-2-13(18)5-6-16-14(19)3-4-15(16)20;12-7(11(17)18)1-2-10(16)13-8(5-20)9(15)3-4-19-6-14/h14,16-17,19-20H,1-13,15,27H2,(H,28,34)(H,37,38);3-4,12H,1-2,5-11H2;6-8,20H,1-5,12H2,(H,13,16)(H,17,18). The number of rotatable bonds is 52. The summed E-state index contributed by atoms with van der Waals surface area (Å²) in [4.78, 5) is 183. The van der Waals surface area contributed by atoms with Gasteiger partial charge in [-0.2, -0.15) is 12.6 Å². The van der Waals surface area contributed by atoms with Gasteiger partial charge in [0.2, 0.25) is 11.8 Å². The molecule has 8 N–H and O–H groups in total. The van der Waals surface area contributed by atoms with Crippen LogP contribution in [0.5, 0.6) is 0 Å². The van der Waals surface area contributed by atoms with Crippen LogP contribution >= 0.6 is 24.4 Å². The molecule has 0 radical (unpaired) electrons. The molecular formula is C52H76N6O26S2. The van der Waals surface area contributed by atoms with Crippen LogP contribution in [-0.2, 0) is 115 Å². The van der Waals surface area contributed by atoms with Crippen molar-refractivity contribution in [2.45, 2.75) is 101 Å². The Bertz CT molecular complexity index is 2270. The Kier molecular flexibility index (Phi) is 45.6. The number of carbonyl (C=O) groups is 16. The molecule has 0 saturated heterocycles. The van der Waals surface area contributed by atoms with E-state index in [9.17, 15) is 76.7 Å². The van der Waals surface area contributed by atoms with Crippen molar-refractivity contribution in [1.82, 2.24) is 20.4 Å². The molecule has 0 aromatic carbocycles. The molecule has 482 valence electrons. The smallest absolute Gasteiger partial charge is 0.320 e. The Morgan fingerprint density at radius 1 is 0.512 bits per heavy atom. The molecule has 0 aromatic heterocycles. The van der Waals surface area contributed by atoms with Gasteiger partial charge in [0.1, 0.15) is 36.9 Å². The number of hydrogen-bond donors (Lipinski definition) is 7. The van der Waals surface area contributed by atoms with Gasteiger partial charge >= 0.3 is 11.9 Å². The third-order valence-corrected chi connectivity index (χ3v) is 12.7. The predicted molar refractivity (Wildman–Crippen MR) is 299 cm³/mol. The lowest BCUT2D eigenvalue weighted by atomic mass is 10.1. The molecule has 2 heterocycles. The number of carboxylic acid groups (broad SMARTS) is 2. The molecule has 2 aliphatic rings. The molecule has 0 bridgehead atoms. The predicted octanol–water partition coefficient (Wildman–Crippen LogP) is -2.69. The number of amides is 6. The van der Waals surface area contributed by atoms with Gasteiger partial charge in [0.05, 0.1) is 69.8 Å². The first-order chi connectivity index (χ1) is 41.2. The van der Waals surface area contributed by atoms with Crippen molar-refractivity contribution in [2.75, 3.05) is 104 Å². The summed E-state index contributed by atoms with van der Waals surface area (Å²) in [6.07, 6.45) is 4.34. The molecule has 0 spiro atoms. The van der Waals surface area contributed by atoms with Gasteiger partial charge in [-0.3, -0.25) is 86.5 Å². The molecule has 4 unspecified atom stereocenters. The fourth-order valence-corrected chi connectivity index (χ4v) is 7.93. The summed E-state index contributed by atoms with van der Waals surface area (Å²) in [5.41, 5.74) is 10.7. The maximum absolute atomic E-state index is 12.8. The monoisotopic (exact) mass is 1260 g/mol. The SMILES string of the molecule is NC(CCC(=O)NC(CS)C(=O)CCOC=O)C(=O)O.NC(CCC(=O)NC(CSC1=CC(=O)N(CCC(=O)CCCOCCOCCOC=O)C1=O)C(=O)CCOC=O)C(=O)O.O=COCCOCCOCCCC(=O)CCN1C(=O)C=CC1=O. The van der Waals surface area contributed by atoms with Gasteiger partial charge in [-0.25, -0.2) is 0 Å². The first kappa shape index (κ1) is 78.7. The molecule has 86 heavy (non-hydrogen) atoms. The van der Waals surface area contributed by atoms with E-state index in [1.165, 1.54) is 12.2 Å². The van der Waals surface area contributed by atoms with Crippen molar-refractivity contribution < 1.29 is 125 Å². The second-order valence-corrected chi connectivity index (χ2v) is 19.1. The molecule has 0 aromatic rings. The number of thiol groups is 1. The Morgan fingerprint density at radius 3 is 1.31 bits per heavy atom. The average Bonchev–Trinajstić information content (AvgIpc) is 4.23. The average molecular weight is 1270 g/mol. The van der Waals surface area contributed by atoms with Gasteiger partial charge < -0.3 is 70.2 Å². The number of nitrogens with zero attached hydrogens (tertiary/aromatic N) is 2. The van der Waals surface area contributed by atoms with Crippen LogP contribution in [0.15, 0.2) is 23.1 Å². The fourth-order valence-electron chi connectivity index (χ4n) is 6.60. The summed E-state index contributed by atoms with van der Waals surface area (Å²) in [6.45, 7) is 3.89. The van der Waals surface area contributed by atoms with Crippen molar-refractivity contribution in [3.8, 4) is 0 Å². The highest BCUT2D eigenvalue weighted by Gasteiger charge is 2.33. The van der Waals surface area contributed by atoms with E-state index >= 15 is 0 Å². The van der Waals surface area contributed by atoms with Gasteiger partial charge in [0.25, 0.3) is 49.5 Å². The van der Waals surface area contributed by atoms with Gasteiger partial charge in [-0.15, -0.1) is 11.8 Å². The largest absolute Gasteiger partial charge is 0.480 e. The summed E-state index contributed by atoms with van der Waals surface area (Å²) in [5, 5.41) is 22.3. The van der Waals surface area contributed by atoms with Gasteiger partial charge in [0.15, 0.2) is 11.6 Å². The number of aliphatic carboxylic acids is 2. The fraction of sp³-hybridized carbons (Fsp3) is 0.615. The maximum atomic E-state index is 12.8. The van der Waals surface area contributed by atoms with Crippen LogP contribution in [0, 0.1) is 0 Å². The summed E-state index contributed by atoms with van der Waals surface area (Å²) in [7, 11) is 0. The van der Waals surface area contributed by atoms with Crippen molar-refractivity contribution >= 4 is 121 Å². The van der Waals surface area contributed by atoms with E-state index < -0.39 is 65.5 Å². The van der Waals surface area contributed by atoms with Crippen molar-refractivity contribution in [3.63, 3.8) is 0 Å². The lowest BCUT2D eigenvalue weighted by Crippen LogP contribution is -2.44. The number of carboxylic acids is 2. The van der Waals surface area contributed by atoms with E-state index in [1.54, 1.807) is 0 Å². The third kappa shape index (κ3) is 38.6. The van der Waals surface area contributed by atoms with Crippen LogP contribution in [0.25, 0.3) is 0 Å². The summed E-state index contributed by atoms with van der Waals surface area (Å²) in [5.74, 6) is -6.64. The lowest BCUT2D eigenvalue weighted by Gasteiger charge is -2.18. The Balaban J connectivity index is 0.00000141. The second-order valence-electron chi connectivity index (χ2n) is 17.7. The molecule has 2 aliphatic heterocycles. The number of nitrogens with two attached hydrogens (primary N) is 2. The molecule has 4 atom stereocenters. The number of carbonyl (C=O) groups excluding carboxylic acids is 14.